The van der Waals surface area contributed by atoms with E-state index in [0.29, 0.717) is 25.5 Å². The predicted octanol–water partition coefficient (Wildman–Crippen LogP) is 2.55. The first-order valence-corrected chi connectivity index (χ1v) is 9.01. The summed E-state index contributed by atoms with van der Waals surface area (Å²) in [6, 6.07) is 8.74. The zero-order valence-corrected chi connectivity index (χ0v) is 13.9. The van der Waals surface area contributed by atoms with Crippen molar-refractivity contribution in [2.75, 3.05) is 26.2 Å². The number of rotatable bonds is 3. The van der Waals surface area contributed by atoms with Crippen molar-refractivity contribution in [3.05, 3.63) is 35.4 Å². The number of carbonyl (C=O) groups is 2. The molecule has 128 valence electrons. The van der Waals surface area contributed by atoms with Crippen LogP contribution in [0.15, 0.2) is 24.3 Å². The SMILES string of the molecule is O=C(C[C@H]1CCc2ccccc21)N1CCC(N2CCOC2=O)CC1. The van der Waals surface area contributed by atoms with Crippen LogP contribution in [0.4, 0.5) is 4.79 Å². The highest BCUT2D eigenvalue weighted by Gasteiger charge is 2.34. The Morgan fingerprint density at radius 2 is 1.92 bits per heavy atom. The number of carbonyl (C=O) groups excluding carboxylic acids is 2. The molecule has 3 aliphatic rings. The van der Waals surface area contributed by atoms with E-state index in [0.717, 1.165) is 38.8 Å². The minimum absolute atomic E-state index is 0.192. The predicted molar refractivity (Wildman–Crippen MR) is 89.8 cm³/mol. The van der Waals surface area contributed by atoms with Crippen molar-refractivity contribution in [3.8, 4) is 0 Å². The molecule has 24 heavy (non-hydrogen) atoms. The molecule has 5 nitrogen and oxygen atoms in total. The Hall–Kier alpha value is -2.04. The fraction of sp³-hybridized carbons (Fsp3) is 0.579. The van der Waals surface area contributed by atoms with Crippen molar-refractivity contribution in [2.45, 2.75) is 44.1 Å². The largest absolute Gasteiger partial charge is 0.448 e. The molecule has 4 rings (SSSR count). The molecule has 5 heteroatoms. The molecule has 2 amide bonds. The third-order valence-corrected chi connectivity index (χ3v) is 5.73. The van der Waals surface area contributed by atoms with Crippen LogP contribution in [0.25, 0.3) is 0 Å². The number of piperidine rings is 1. The molecular weight excluding hydrogens is 304 g/mol. The molecule has 0 aromatic heterocycles. The van der Waals surface area contributed by atoms with Gasteiger partial charge in [-0.1, -0.05) is 24.3 Å². The van der Waals surface area contributed by atoms with Crippen LogP contribution in [0.5, 0.6) is 0 Å². The van der Waals surface area contributed by atoms with Crippen LogP contribution in [-0.2, 0) is 16.0 Å². The topological polar surface area (TPSA) is 49.9 Å². The maximum absolute atomic E-state index is 12.7. The van der Waals surface area contributed by atoms with E-state index in [1.165, 1.54) is 11.1 Å². The molecule has 0 spiro atoms. The zero-order chi connectivity index (χ0) is 16.5. The number of likely N-dealkylation sites (tertiary alicyclic amines) is 1. The average Bonchev–Trinajstić information content (AvgIpc) is 3.22. The molecule has 2 heterocycles. The molecule has 0 bridgehead atoms. The number of hydrogen-bond acceptors (Lipinski definition) is 3. The summed E-state index contributed by atoms with van der Waals surface area (Å²) in [5, 5.41) is 0. The molecule has 1 aliphatic carbocycles. The fourth-order valence-corrected chi connectivity index (χ4v) is 4.36. The van der Waals surface area contributed by atoms with Gasteiger partial charge in [0.25, 0.3) is 0 Å². The van der Waals surface area contributed by atoms with Gasteiger partial charge in [-0.05, 0) is 42.7 Å². The van der Waals surface area contributed by atoms with Crippen molar-refractivity contribution in [1.29, 1.82) is 0 Å². The van der Waals surface area contributed by atoms with Gasteiger partial charge in [0.1, 0.15) is 6.61 Å². The van der Waals surface area contributed by atoms with Gasteiger partial charge in [-0.2, -0.15) is 0 Å². The fourth-order valence-electron chi connectivity index (χ4n) is 4.36. The summed E-state index contributed by atoms with van der Waals surface area (Å²) in [6.45, 7) is 2.69. The first-order chi connectivity index (χ1) is 11.7. The van der Waals surface area contributed by atoms with Gasteiger partial charge >= 0.3 is 6.09 Å². The van der Waals surface area contributed by atoms with Crippen LogP contribution in [0, 0.1) is 0 Å². The lowest BCUT2D eigenvalue weighted by Gasteiger charge is -2.36. The summed E-state index contributed by atoms with van der Waals surface area (Å²) in [5.74, 6) is 0.638. The molecule has 1 aromatic carbocycles. The van der Waals surface area contributed by atoms with E-state index in [9.17, 15) is 9.59 Å². The van der Waals surface area contributed by atoms with Crippen LogP contribution in [0.3, 0.4) is 0 Å². The zero-order valence-electron chi connectivity index (χ0n) is 13.9. The van der Waals surface area contributed by atoms with E-state index >= 15 is 0 Å². The molecule has 1 atom stereocenters. The van der Waals surface area contributed by atoms with Crippen molar-refractivity contribution >= 4 is 12.0 Å². The van der Waals surface area contributed by atoms with Gasteiger partial charge < -0.3 is 14.5 Å². The van der Waals surface area contributed by atoms with Crippen LogP contribution in [0.2, 0.25) is 0 Å². The second kappa shape index (κ2) is 6.46. The number of cyclic esters (lactones) is 1. The van der Waals surface area contributed by atoms with Gasteiger partial charge in [0.05, 0.1) is 6.54 Å². The highest BCUT2D eigenvalue weighted by molar-refractivity contribution is 5.77. The lowest BCUT2D eigenvalue weighted by atomic mass is 9.96. The number of amides is 2. The Morgan fingerprint density at radius 1 is 1.12 bits per heavy atom. The van der Waals surface area contributed by atoms with E-state index < -0.39 is 0 Å². The van der Waals surface area contributed by atoms with Crippen LogP contribution >= 0.6 is 0 Å². The summed E-state index contributed by atoms with van der Waals surface area (Å²) in [6.07, 6.45) is 4.33. The average molecular weight is 328 g/mol. The van der Waals surface area contributed by atoms with E-state index in [1.807, 2.05) is 9.80 Å². The van der Waals surface area contributed by atoms with Gasteiger partial charge in [-0.15, -0.1) is 0 Å². The quantitative estimate of drug-likeness (QED) is 0.857. The standard InChI is InChI=1S/C19H24N2O3/c22-18(13-15-6-5-14-3-1-2-4-17(14)15)20-9-7-16(8-10-20)21-11-12-24-19(21)23/h1-4,15-16H,5-13H2/t15-/m1/s1. The van der Waals surface area contributed by atoms with E-state index in [2.05, 4.69) is 24.3 Å². The minimum atomic E-state index is -0.192. The molecule has 2 saturated heterocycles. The Labute approximate surface area is 142 Å². The first-order valence-electron chi connectivity index (χ1n) is 9.01. The lowest BCUT2D eigenvalue weighted by molar-refractivity contribution is -0.133. The third kappa shape index (κ3) is 2.87. The summed E-state index contributed by atoms with van der Waals surface area (Å²) in [5.41, 5.74) is 2.77. The molecule has 1 aromatic rings. The minimum Gasteiger partial charge on any atom is -0.448 e. The van der Waals surface area contributed by atoms with Gasteiger partial charge in [-0.3, -0.25) is 4.79 Å². The van der Waals surface area contributed by atoms with Crippen molar-refractivity contribution in [3.63, 3.8) is 0 Å². The Balaban J connectivity index is 1.32. The smallest absolute Gasteiger partial charge is 0.410 e. The number of aryl methyl sites for hydroxylation is 1. The van der Waals surface area contributed by atoms with Gasteiger partial charge in [0.2, 0.25) is 5.91 Å². The van der Waals surface area contributed by atoms with Crippen molar-refractivity contribution in [2.24, 2.45) is 0 Å². The molecule has 0 N–H and O–H groups in total. The summed E-state index contributed by atoms with van der Waals surface area (Å²) in [4.78, 5) is 28.1. The molecular formula is C19H24N2O3. The Kier molecular flexibility index (Phi) is 4.17. The monoisotopic (exact) mass is 328 g/mol. The summed E-state index contributed by atoms with van der Waals surface area (Å²) < 4.78 is 5.02. The summed E-state index contributed by atoms with van der Waals surface area (Å²) in [7, 11) is 0. The number of nitrogens with zero attached hydrogens (tertiary/aromatic N) is 2. The highest BCUT2D eigenvalue weighted by Crippen LogP contribution is 2.35. The van der Waals surface area contributed by atoms with Gasteiger partial charge in [0.15, 0.2) is 0 Å². The Morgan fingerprint density at radius 3 is 2.67 bits per heavy atom. The van der Waals surface area contributed by atoms with Crippen molar-refractivity contribution in [1.82, 2.24) is 9.80 Å². The molecule has 0 unspecified atom stereocenters. The van der Waals surface area contributed by atoms with Crippen LogP contribution in [-0.4, -0.2) is 54.1 Å². The second-order valence-corrected chi connectivity index (χ2v) is 7.06. The second-order valence-electron chi connectivity index (χ2n) is 7.06. The Bertz CT molecular complexity index is 637. The lowest BCUT2D eigenvalue weighted by Crippen LogP contribution is -2.47. The molecule has 2 fully saturated rings. The number of fused-ring (bicyclic) bond motifs is 1. The van der Waals surface area contributed by atoms with Crippen LogP contribution in [0.1, 0.15) is 42.7 Å². The van der Waals surface area contributed by atoms with Gasteiger partial charge in [-0.25, -0.2) is 4.79 Å². The highest BCUT2D eigenvalue weighted by atomic mass is 16.6. The van der Waals surface area contributed by atoms with Crippen LogP contribution < -0.4 is 0 Å². The van der Waals surface area contributed by atoms with E-state index in [-0.39, 0.29) is 18.0 Å². The number of ether oxygens (including phenoxy) is 1. The summed E-state index contributed by atoms with van der Waals surface area (Å²) >= 11 is 0. The molecule has 0 radical (unpaired) electrons. The number of benzene rings is 1. The van der Waals surface area contributed by atoms with Gasteiger partial charge in [0, 0.05) is 25.6 Å². The normalized spacial score (nSPS) is 24.2. The van der Waals surface area contributed by atoms with E-state index in [1.54, 1.807) is 0 Å². The number of hydrogen-bond donors (Lipinski definition) is 0. The molecule has 0 saturated carbocycles. The first kappa shape index (κ1) is 15.5. The maximum Gasteiger partial charge on any atom is 0.410 e. The van der Waals surface area contributed by atoms with Crippen molar-refractivity contribution < 1.29 is 14.3 Å². The third-order valence-electron chi connectivity index (χ3n) is 5.73. The maximum atomic E-state index is 12.7. The molecule has 2 aliphatic heterocycles. The van der Waals surface area contributed by atoms with E-state index in [4.69, 9.17) is 4.74 Å².